The number of piperazine rings is 1. The maximum absolute atomic E-state index is 12.9. The quantitative estimate of drug-likeness (QED) is 0.547. The Morgan fingerprint density at radius 2 is 1.77 bits per heavy atom. The molecule has 1 saturated heterocycles. The van der Waals surface area contributed by atoms with E-state index in [1.54, 1.807) is 6.07 Å². The van der Waals surface area contributed by atoms with Crippen molar-refractivity contribution in [1.29, 1.82) is 0 Å². The summed E-state index contributed by atoms with van der Waals surface area (Å²) in [5.41, 5.74) is -0.0311. The van der Waals surface area contributed by atoms with Crippen LogP contribution in [-0.4, -0.2) is 62.5 Å². The molecule has 1 aliphatic heterocycles. The molecule has 1 heterocycles. The number of hydrogen-bond acceptors (Lipinski definition) is 4. The Bertz CT molecular complexity index is 717. The zero-order valence-corrected chi connectivity index (χ0v) is 18.3. The monoisotopic (exact) mass is 442 g/mol. The molecule has 0 saturated carbocycles. The molecular formula is C22H33F3N4O2. The van der Waals surface area contributed by atoms with Crippen molar-refractivity contribution in [3.8, 4) is 0 Å². The number of hydrogen-bond donors (Lipinski definition) is 2. The average molecular weight is 443 g/mol. The highest BCUT2D eigenvalue weighted by atomic mass is 19.4. The highest BCUT2D eigenvalue weighted by Crippen LogP contribution is 2.31. The van der Waals surface area contributed by atoms with Gasteiger partial charge in [-0.25, -0.2) is 0 Å². The van der Waals surface area contributed by atoms with Crippen molar-refractivity contribution in [3.63, 3.8) is 0 Å². The maximum Gasteiger partial charge on any atom is 0.416 e. The third-order valence-electron chi connectivity index (χ3n) is 5.28. The van der Waals surface area contributed by atoms with Crippen LogP contribution in [0.4, 0.5) is 18.9 Å². The van der Waals surface area contributed by atoms with Crippen LogP contribution in [0.5, 0.6) is 0 Å². The van der Waals surface area contributed by atoms with E-state index < -0.39 is 11.7 Å². The number of nitrogens with zero attached hydrogens (tertiary/aromatic N) is 2. The Morgan fingerprint density at radius 1 is 1.06 bits per heavy atom. The van der Waals surface area contributed by atoms with E-state index in [1.807, 2.05) is 18.7 Å². The lowest BCUT2D eigenvalue weighted by Crippen LogP contribution is -2.47. The number of benzene rings is 1. The zero-order valence-electron chi connectivity index (χ0n) is 18.3. The van der Waals surface area contributed by atoms with Gasteiger partial charge in [-0.2, -0.15) is 13.2 Å². The van der Waals surface area contributed by atoms with Crippen LogP contribution >= 0.6 is 0 Å². The molecule has 0 unspecified atom stereocenters. The van der Waals surface area contributed by atoms with Gasteiger partial charge in [0.05, 0.1) is 12.1 Å². The molecule has 0 spiro atoms. The second kappa shape index (κ2) is 11.9. The van der Waals surface area contributed by atoms with Crippen molar-refractivity contribution in [2.45, 2.75) is 39.3 Å². The lowest BCUT2D eigenvalue weighted by Gasteiger charge is -2.36. The first-order valence-electron chi connectivity index (χ1n) is 10.8. The molecule has 1 aromatic rings. The van der Waals surface area contributed by atoms with E-state index in [2.05, 4.69) is 15.5 Å². The lowest BCUT2D eigenvalue weighted by atomic mass is 10.1. The molecule has 0 aromatic heterocycles. The predicted molar refractivity (Wildman–Crippen MR) is 115 cm³/mol. The highest BCUT2D eigenvalue weighted by Gasteiger charge is 2.31. The van der Waals surface area contributed by atoms with Gasteiger partial charge in [0.25, 0.3) is 0 Å². The smallest absolute Gasteiger partial charge is 0.369 e. The SMILES string of the molecule is CC(C)CCC(=O)NCC(=O)NCCCN1CCN(c2cccc(C(F)(F)F)c2)CC1. The molecule has 0 bridgehead atoms. The van der Waals surface area contributed by atoms with E-state index in [4.69, 9.17) is 0 Å². The molecule has 2 rings (SSSR count). The van der Waals surface area contributed by atoms with Gasteiger partial charge in [0.2, 0.25) is 11.8 Å². The Hall–Kier alpha value is -2.29. The average Bonchev–Trinajstić information content (AvgIpc) is 2.73. The number of amides is 2. The second-order valence-electron chi connectivity index (χ2n) is 8.29. The van der Waals surface area contributed by atoms with Gasteiger partial charge in [0, 0.05) is 44.8 Å². The molecule has 1 aromatic carbocycles. The number of alkyl halides is 3. The number of anilines is 1. The summed E-state index contributed by atoms with van der Waals surface area (Å²) in [7, 11) is 0. The second-order valence-corrected chi connectivity index (χ2v) is 8.29. The summed E-state index contributed by atoms with van der Waals surface area (Å²) in [4.78, 5) is 27.6. The summed E-state index contributed by atoms with van der Waals surface area (Å²) in [6.45, 7) is 8.26. The summed E-state index contributed by atoms with van der Waals surface area (Å²) in [6.07, 6.45) is -2.33. The first kappa shape index (κ1) is 25.0. The van der Waals surface area contributed by atoms with Crippen molar-refractivity contribution in [1.82, 2.24) is 15.5 Å². The van der Waals surface area contributed by atoms with Gasteiger partial charge >= 0.3 is 6.18 Å². The van der Waals surface area contributed by atoms with Gasteiger partial charge in [0.15, 0.2) is 0 Å². The van der Waals surface area contributed by atoms with Gasteiger partial charge in [-0.3, -0.25) is 14.5 Å². The van der Waals surface area contributed by atoms with Gasteiger partial charge in [0.1, 0.15) is 0 Å². The van der Waals surface area contributed by atoms with Gasteiger partial charge in [-0.05, 0) is 43.5 Å². The fourth-order valence-corrected chi connectivity index (χ4v) is 3.39. The normalized spacial score (nSPS) is 15.2. The van der Waals surface area contributed by atoms with Crippen molar-refractivity contribution in [2.24, 2.45) is 5.92 Å². The summed E-state index contributed by atoms with van der Waals surface area (Å²) < 4.78 is 38.7. The minimum Gasteiger partial charge on any atom is -0.369 e. The van der Waals surface area contributed by atoms with Crippen LogP contribution in [-0.2, 0) is 15.8 Å². The van der Waals surface area contributed by atoms with Crippen LogP contribution in [0, 0.1) is 5.92 Å². The van der Waals surface area contributed by atoms with Crippen LogP contribution in [0.15, 0.2) is 24.3 Å². The van der Waals surface area contributed by atoms with Crippen molar-refractivity contribution >= 4 is 17.5 Å². The molecule has 1 aliphatic rings. The Balaban J connectivity index is 1.60. The molecule has 1 fully saturated rings. The van der Waals surface area contributed by atoms with E-state index in [0.717, 1.165) is 38.5 Å². The zero-order chi connectivity index (χ0) is 22.9. The van der Waals surface area contributed by atoms with Crippen molar-refractivity contribution in [2.75, 3.05) is 50.7 Å². The van der Waals surface area contributed by atoms with E-state index in [1.165, 1.54) is 12.1 Å². The molecule has 31 heavy (non-hydrogen) atoms. The Labute approximate surface area is 182 Å². The van der Waals surface area contributed by atoms with E-state index >= 15 is 0 Å². The minimum absolute atomic E-state index is 0.00735. The first-order valence-corrected chi connectivity index (χ1v) is 10.8. The van der Waals surface area contributed by atoms with Crippen molar-refractivity contribution in [3.05, 3.63) is 29.8 Å². The van der Waals surface area contributed by atoms with E-state index in [-0.39, 0.29) is 18.4 Å². The van der Waals surface area contributed by atoms with Crippen LogP contribution in [0.25, 0.3) is 0 Å². The molecule has 0 aliphatic carbocycles. The molecule has 2 N–H and O–H groups in total. The first-order chi connectivity index (χ1) is 14.6. The summed E-state index contributed by atoms with van der Waals surface area (Å²) in [6, 6.07) is 5.44. The maximum atomic E-state index is 12.9. The summed E-state index contributed by atoms with van der Waals surface area (Å²) in [5.74, 6) is 0.140. The number of nitrogens with one attached hydrogen (secondary N) is 2. The Kier molecular flexibility index (Phi) is 9.61. The number of carbonyl (C=O) groups excluding carboxylic acids is 2. The van der Waals surface area contributed by atoms with E-state index in [0.29, 0.717) is 37.7 Å². The number of rotatable bonds is 10. The molecule has 0 atom stereocenters. The third kappa shape index (κ3) is 9.16. The minimum atomic E-state index is -4.33. The standard InChI is InChI=1S/C22H33F3N4O2/c1-17(2)7-8-20(30)27-16-21(31)26-9-4-10-28-11-13-29(14-12-28)19-6-3-5-18(15-19)22(23,24)25/h3,5-6,15,17H,4,7-14,16H2,1-2H3,(H,26,31)(H,27,30). The molecule has 9 heteroatoms. The molecule has 2 amide bonds. The topological polar surface area (TPSA) is 64.7 Å². The molecular weight excluding hydrogens is 409 g/mol. The fraction of sp³-hybridized carbons (Fsp3) is 0.636. The predicted octanol–water partition coefficient (Wildman–Crippen LogP) is 2.89. The van der Waals surface area contributed by atoms with Crippen LogP contribution < -0.4 is 15.5 Å². The van der Waals surface area contributed by atoms with E-state index in [9.17, 15) is 22.8 Å². The van der Waals surface area contributed by atoms with Crippen LogP contribution in [0.1, 0.15) is 38.7 Å². The van der Waals surface area contributed by atoms with Crippen LogP contribution in [0.2, 0.25) is 0 Å². The van der Waals surface area contributed by atoms with Gasteiger partial charge in [-0.15, -0.1) is 0 Å². The van der Waals surface area contributed by atoms with Gasteiger partial charge in [-0.1, -0.05) is 19.9 Å². The highest BCUT2D eigenvalue weighted by molar-refractivity contribution is 5.84. The number of halogens is 3. The summed E-state index contributed by atoms with van der Waals surface area (Å²) >= 11 is 0. The molecule has 6 nitrogen and oxygen atoms in total. The van der Waals surface area contributed by atoms with Crippen molar-refractivity contribution < 1.29 is 22.8 Å². The third-order valence-corrected chi connectivity index (χ3v) is 5.28. The van der Waals surface area contributed by atoms with Gasteiger partial charge < -0.3 is 15.5 Å². The lowest BCUT2D eigenvalue weighted by molar-refractivity contribution is -0.137. The largest absolute Gasteiger partial charge is 0.416 e. The van der Waals surface area contributed by atoms with Crippen LogP contribution in [0.3, 0.4) is 0 Å². The Morgan fingerprint density at radius 3 is 2.42 bits per heavy atom. The molecule has 0 radical (unpaired) electrons. The molecule has 174 valence electrons. The summed E-state index contributed by atoms with van der Waals surface area (Å²) in [5, 5.41) is 5.42. The fourth-order valence-electron chi connectivity index (χ4n) is 3.39. The number of carbonyl (C=O) groups is 2.